The van der Waals surface area contributed by atoms with Crippen LogP contribution in [0.15, 0.2) is 21.9 Å². The standard InChI is InChI=1S/C7H7N3O2/c1-4-2-3-10-5(4)6(11)8-9-7(10)12/h2-3H,1H3,(H,8,11)(H,9,12). The Morgan fingerprint density at radius 2 is 2.08 bits per heavy atom. The third kappa shape index (κ3) is 0.730. The molecule has 2 heterocycles. The number of fused-ring (bicyclic) bond motifs is 1. The van der Waals surface area contributed by atoms with Gasteiger partial charge in [-0.2, -0.15) is 0 Å². The van der Waals surface area contributed by atoms with Gasteiger partial charge in [-0.05, 0) is 18.6 Å². The summed E-state index contributed by atoms with van der Waals surface area (Å²) in [5.74, 6) is 0. The molecule has 0 fully saturated rings. The molecule has 5 nitrogen and oxygen atoms in total. The van der Waals surface area contributed by atoms with Gasteiger partial charge >= 0.3 is 5.69 Å². The van der Waals surface area contributed by atoms with Crippen molar-refractivity contribution in [3.8, 4) is 0 Å². The third-order valence-corrected chi connectivity index (χ3v) is 1.80. The number of nitrogens with zero attached hydrogens (tertiary/aromatic N) is 1. The SMILES string of the molecule is Cc1ccn2c(=O)[nH][nH]c(=O)c12. The van der Waals surface area contributed by atoms with Crippen LogP contribution in [0.3, 0.4) is 0 Å². The van der Waals surface area contributed by atoms with Crippen molar-refractivity contribution < 1.29 is 0 Å². The molecule has 0 aliphatic rings. The molecular formula is C7H7N3O2. The lowest BCUT2D eigenvalue weighted by Gasteiger charge is -1.91. The average molecular weight is 165 g/mol. The lowest BCUT2D eigenvalue weighted by molar-refractivity contribution is 0.864. The summed E-state index contributed by atoms with van der Waals surface area (Å²) in [4.78, 5) is 22.2. The molecule has 0 bridgehead atoms. The molecule has 12 heavy (non-hydrogen) atoms. The molecule has 0 aromatic carbocycles. The number of nitrogens with one attached hydrogen (secondary N) is 2. The quantitative estimate of drug-likeness (QED) is 0.558. The monoisotopic (exact) mass is 165 g/mol. The van der Waals surface area contributed by atoms with Crippen LogP contribution in [0, 0.1) is 6.92 Å². The largest absolute Gasteiger partial charge is 0.344 e. The van der Waals surface area contributed by atoms with Gasteiger partial charge in [0.05, 0.1) is 0 Å². The van der Waals surface area contributed by atoms with Crippen LogP contribution in [0.2, 0.25) is 0 Å². The lowest BCUT2D eigenvalue weighted by atomic mass is 10.3. The van der Waals surface area contributed by atoms with Gasteiger partial charge in [0.1, 0.15) is 5.52 Å². The minimum absolute atomic E-state index is 0.280. The third-order valence-electron chi connectivity index (χ3n) is 1.80. The Kier molecular flexibility index (Phi) is 1.21. The molecular weight excluding hydrogens is 158 g/mol. The average Bonchev–Trinajstić information content (AvgIpc) is 2.42. The Bertz CT molecular complexity index is 531. The molecule has 0 amide bonds. The molecule has 2 aromatic heterocycles. The van der Waals surface area contributed by atoms with Crippen molar-refractivity contribution in [3.05, 3.63) is 38.7 Å². The van der Waals surface area contributed by atoms with Crippen molar-refractivity contribution in [1.29, 1.82) is 0 Å². The lowest BCUT2D eigenvalue weighted by Crippen LogP contribution is -2.25. The van der Waals surface area contributed by atoms with Crippen molar-refractivity contribution in [2.45, 2.75) is 6.92 Å². The van der Waals surface area contributed by atoms with Gasteiger partial charge in [0.15, 0.2) is 0 Å². The van der Waals surface area contributed by atoms with Gasteiger partial charge in [0, 0.05) is 6.20 Å². The highest BCUT2D eigenvalue weighted by atomic mass is 16.2. The molecule has 0 unspecified atom stereocenters. The van der Waals surface area contributed by atoms with Crippen LogP contribution < -0.4 is 11.2 Å². The first-order valence-corrected chi connectivity index (χ1v) is 3.49. The smallest absolute Gasteiger partial charge is 0.266 e. The Morgan fingerprint density at radius 1 is 1.33 bits per heavy atom. The maximum Gasteiger partial charge on any atom is 0.344 e. The Labute approximate surface area is 66.6 Å². The maximum absolute atomic E-state index is 11.2. The fourth-order valence-electron chi connectivity index (χ4n) is 1.22. The summed E-state index contributed by atoms with van der Waals surface area (Å²) >= 11 is 0. The number of rotatable bonds is 0. The van der Waals surface area contributed by atoms with Crippen molar-refractivity contribution >= 4 is 5.52 Å². The van der Waals surface area contributed by atoms with E-state index < -0.39 is 0 Å². The summed E-state index contributed by atoms with van der Waals surface area (Å²) in [5, 5.41) is 4.48. The highest BCUT2D eigenvalue weighted by Crippen LogP contribution is 2.01. The van der Waals surface area contributed by atoms with E-state index in [1.165, 1.54) is 4.40 Å². The van der Waals surface area contributed by atoms with E-state index in [0.717, 1.165) is 5.56 Å². The zero-order valence-electron chi connectivity index (χ0n) is 6.42. The van der Waals surface area contributed by atoms with E-state index in [9.17, 15) is 9.59 Å². The van der Waals surface area contributed by atoms with Crippen LogP contribution in [0.25, 0.3) is 5.52 Å². The molecule has 0 saturated heterocycles. The van der Waals surface area contributed by atoms with Gasteiger partial charge in [-0.15, -0.1) is 0 Å². The van der Waals surface area contributed by atoms with Gasteiger partial charge in [0.2, 0.25) is 0 Å². The van der Waals surface area contributed by atoms with Crippen molar-refractivity contribution in [2.75, 3.05) is 0 Å². The van der Waals surface area contributed by atoms with Crippen LogP contribution in [0.4, 0.5) is 0 Å². The van der Waals surface area contributed by atoms with Crippen LogP contribution in [-0.4, -0.2) is 14.6 Å². The van der Waals surface area contributed by atoms with Crippen LogP contribution in [-0.2, 0) is 0 Å². The molecule has 0 aliphatic heterocycles. The summed E-state index contributed by atoms with van der Waals surface area (Å²) in [6.07, 6.45) is 1.57. The van der Waals surface area contributed by atoms with Crippen LogP contribution in [0.1, 0.15) is 5.56 Å². The number of aryl methyl sites for hydroxylation is 1. The number of hydrogen-bond acceptors (Lipinski definition) is 2. The minimum atomic E-state index is -0.335. The first kappa shape index (κ1) is 6.90. The van der Waals surface area contributed by atoms with Gasteiger partial charge in [-0.25, -0.2) is 9.89 Å². The number of H-pyrrole nitrogens is 2. The molecule has 0 radical (unpaired) electrons. The highest BCUT2D eigenvalue weighted by molar-refractivity contribution is 5.52. The normalized spacial score (nSPS) is 10.8. The molecule has 2 rings (SSSR count). The number of aromatic amines is 2. The van der Waals surface area contributed by atoms with E-state index in [0.29, 0.717) is 5.52 Å². The summed E-state index contributed by atoms with van der Waals surface area (Å²) in [6, 6.07) is 1.72. The molecule has 2 N–H and O–H groups in total. The van der Waals surface area contributed by atoms with E-state index in [1.807, 2.05) is 0 Å². The second-order valence-corrected chi connectivity index (χ2v) is 2.60. The molecule has 0 saturated carbocycles. The summed E-state index contributed by atoms with van der Waals surface area (Å²) in [6.45, 7) is 1.78. The molecule has 2 aromatic rings. The molecule has 62 valence electrons. The zero-order valence-corrected chi connectivity index (χ0v) is 6.42. The van der Waals surface area contributed by atoms with E-state index in [1.54, 1.807) is 19.2 Å². The van der Waals surface area contributed by atoms with Crippen LogP contribution >= 0.6 is 0 Å². The topological polar surface area (TPSA) is 70.1 Å². The molecule has 0 atom stereocenters. The fraction of sp³-hybridized carbons (Fsp3) is 0.143. The van der Waals surface area contributed by atoms with E-state index in [4.69, 9.17) is 0 Å². The maximum atomic E-state index is 11.2. The predicted molar refractivity (Wildman–Crippen MR) is 43.4 cm³/mol. The zero-order chi connectivity index (χ0) is 8.72. The summed E-state index contributed by atoms with van der Waals surface area (Å²) in [7, 11) is 0. The molecule has 0 aliphatic carbocycles. The molecule has 0 spiro atoms. The number of hydrogen-bond donors (Lipinski definition) is 2. The number of aromatic nitrogens is 3. The van der Waals surface area contributed by atoms with Crippen LogP contribution in [0.5, 0.6) is 0 Å². The van der Waals surface area contributed by atoms with Gasteiger partial charge in [-0.1, -0.05) is 0 Å². The van der Waals surface area contributed by atoms with E-state index >= 15 is 0 Å². The Morgan fingerprint density at radius 3 is 2.75 bits per heavy atom. The first-order valence-electron chi connectivity index (χ1n) is 3.49. The minimum Gasteiger partial charge on any atom is -0.266 e. The summed E-state index contributed by atoms with van der Waals surface area (Å²) in [5.41, 5.74) is 0.580. The van der Waals surface area contributed by atoms with Gasteiger partial charge in [0.25, 0.3) is 5.56 Å². The Balaban J connectivity index is 3.20. The van der Waals surface area contributed by atoms with E-state index in [-0.39, 0.29) is 11.2 Å². The van der Waals surface area contributed by atoms with Gasteiger partial charge < -0.3 is 0 Å². The molecule has 5 heteroatoms. The van der Waals surface area contributed by atoms with E-state index in [2.05, 4.69) is 10.2 Å². The second-order valence-electron chi connectivity index (χ2n) is 2.60. The predicted octanol–water partition coefficient (Wildman–Crippen LogP) is -0.376. The summed E-state index contributed by atoms with van der Waals surface area (Å²) < 4.78 is 1.29. The van der Waals surface area contributed by atoms with Crippen molar-refractivity contribution in [2.24, 2.45) is 0 Å². The fourth-order valence-corrected chi connectivity index (χ4v) is 1.22. The highest BCUT2D eigenvalue weighted by Gasteiger charge is 2.03. The second kappa shape index (κ2) is 2.10. The first-order chi connectivity index (χ1) is 5.70. The Hall–Kier alpha value is -1.78. The van der Waals surface area contributed by atoms with Crippen molar-refractivity contribution in [1.82, 2.24) is 14.6 Å². The van der Waals surface area contributed by atoms with Gasteiger partial charge in [-0.3, -0.25) is 14.3 Å². The van der Waals surface area contributed by atoms with Crippen molar-refractivity contribution in [3.63, 3.8) is 0 Å².